The molecule has 0 aromatic heterocycles. The van der Waals surface area contributed by atoms with E-state index in [1.54, 1.807) is 6.07 Å². The van der Waals surface area contributed by atoms with Crippen LogP contribution in [0.1, 0.15) is 35.4 Å². The largest absolute Gasteiger partial charge is 0.416 e. The number of amides is 1. The fraction of sp³-hybridized carbons (Fsp3) is 0.462. The van der Waals surface area contributed by atoms with Crippen LogP contribution in [-0.2, 0) is 17.5 Å². The number of piperidine rings is 1. The molecule has 0 radical (unpaired) electrons. The number of nitrogens with two attached hydrogens (primary N) is 1. The highest BCUT2D eigenvalue weighted by atomic mass is 19.4. The highest BCUT2D eigenvalue weighted by Crippen LogP contribution is 2.38. The zero-order valence-corrected chi connectivity index (χ0v) is 10.3. The van der Waals surface area contributed by atoms with Gasteiger partial charge >= 0.3 is 6.18 Å². The van der Waals surface area contributed by atoms with Crippen molar-refractivity contribution in [1.82, 2.24) is 5.32 Å². The van der Waals surface area contributed by atoms with Gasteiger partial charge in [0.25, 0.3) is 0 Å². The molecule has 0 aliphatic carbocycles. The molecule has 1 aliphatic rings. The standard InChI is InChI=1S/C13H15F3N2O/c14-13(15,16)11-5-8(7-17)1-2-10(11)9-3-4-18-12(19)6-9/h1-2,5,9H,3-4,6-7,17H2,(H,18,19)/t9-/m1/s1. The number of hydrogen-bond acceptors (Lipinski definition) is 2. The lowest BCUT2D eigenvalue weighted by molar-refractivity contribution is -0.139. The van der Waals surface area contributed by atoms with E-state index >= 15 is 0 Å². The second kappa shape index (κ2) is 5.21. The number of carbonyl (C=O) groups excluding carboxylic acids is 1. The summed E-state index contributed by atoms with van der Waals surface area (Å²) in [4.78, 5) is 11.3. The van der Waals surface area contributed by atoms with Crippen LogP contribution in [0.5, 0.6) is 0 Å². The number of rotatable bonds is 2. The quantitative estimate of drug-likeness (QED) is 0.866. The summed E-state index contributed by atoms with van der Waals surface area (Å²) in [6.45, 7) is 0.480. The fourth-order valence-electron chi connectivity index (χ4n) is 2.38. The Morgan fingerprint density at radius 1 is 1.37 bits per heavy atom. The lowest BCUT2D eigenvalue weighted by atomic mass is 9.86. The molecule has 0 spiro atoms. The molecule has 2 rings (SSSR count). The van der Waals surface area contributed by atoms with Crippen molar-refractivity contribution in [3.63, 3.8) is 0 Å². The normalized spacial score (nSPS) is 20.2. The molecule has 1 fully saturated rings. The third-order valence-corrected chi connectivity index (χ3v) is 3.35. The Labute approximate surface area is 109 Å². The van der Waals surface area contributed by atoms with Crippen molar-refractivity contribution in [1.29, 1.82) is 0 Å². The van der Waals surface area contributed by atoms with Crippen LogP contribution in [0.2, 0.25) is 0 Å². The fourth-order valence-corrected chi connectivity index (χ4v) is 2.38. The first-order valence-electron chi connectivity index (χ1n) is 6.08. The van der Waals surface area contributed by atoms with E-state index in [1.807, 2.05) is 0 Å². The lowest BCUT2D eigenvalue weighted by Gasteiger charge is -2.25. The van der Waals surface area contributed by atoms with E-state index in [0.29, 0.717) is 18.5 Å². The van der Waals surface area contributed by atoms with Gasteiger partial charge in [-0.2, -0.15) is 13.2 Å². The van der Waals surface area contributed by atoms with Crippen LogP contribution in [0, 0.1) is 0 Å². The second-order valence-corrected chi connectivity index (χ2v) is 4.66. The first-order chi connectivity index (χ1) is 8.91. The molecule has 1 aliphatic heterocycles. The Hall–Kier alpha value is -1.56. The van der Waals surface area contributed by atoms with Crippen LogP contribution in [-0.4, -0.2) is 12.5 Å². The maximum Gasteiger partial charge on any atom is 0.416 e. The maximum atomic E-state index is 13.1. The number of nitrogens with one attached hydrogen (secondary N) is 1. The molecule has 1 heterocycles. The predicted octanol–water partition coefficient (Wildman–Crippen LogP) is 2.16. The van der Waals surface area contributed by atoms with Gasteiger partial charge in [-0.05, 0) is 29.5 Å². The molecule has 104 valence electrons. The minimum atomic E-state index is -4.42. The summed E-state index contributed by atoms with van der Waals surface area (Å²) >= 11 is 0. The summed E-state index contributed by atoms with van der Waals surface area (Å²) < 4.78 is 39.2. The van der Waals surface area contributed by atoms with Gasteiger partial charge in [-0.1, -0.05) is 12.1 Å². The van der Waals surface area contributed by atoms with Crippen molar-refractivity contribution in [2.24, 2.45) is 5.73 Å². The summed E-state index contributed by atoms with van der Waals surface area (Å²) in [6.07, 6.45) is -3.80. The zero-order valence-electron chi connectivity index (χ0n) is 10.3. The van der Waals surface area contributed by atoms with Crippen LogP contribution in [0.15, 0.2) is 18.2 Å². The summed E-state index contributed by atoms with van der Waals surface area (Å²) in [6, 6.07) is 4.13. The first-order valence-corrected chi connectivity index (χ1v) is 6.08. The van der Waals surface area contributed by atoms with Gasteiger partial charge in [0.1, 0.15) is 0 Å². The van der Waals surface area contributed by atoms with Gasteiger partial charge in [-0.15, -0.1) is 0 Å². The Bertz CT molecular complexity index is 485. The second-order valence-electron chi connectivity index (χ2n) is 4.66. The first kappa shape index (κ1) is 13.9. The average molecular weight is 272 g/mol. The molecule has 1 amide bonds. The topological polar surface area (TPSA) is 55.1 Å². The zero-order chi connectivity index (χ0) is 14.0. The number of halogens is 3. The van der Waals surface area contributed by atoms with E-state index in [9.17, 15) is 18.0 Å². The summed E-state index contributed by atoms with van der Waals surface area (Å²) in [5.74, 6) is -0.579. The van der Waals surface area contributed by atoms with Gasteiger partial charge in [0.05, 0.1) is 5.56 Å². The van der Waals surface area contributed by atoms with Crippen molar-refractivity contribution < 1.29 is 18.0 Å². The third-order valence-electron chi connectivity index (χ3n) is 3.35. The minimum absolute atomic E-state index is 0.0640. The highest BCUT2D eigenvalue weighted by Gasteiger charge is 2.36. The number of alkyl halides is 3. The molecule has 1 aromatic rings. The van der Waals surface area contributed by atoms with E-state index < -0.39 is 11.7 Å². The van der Waals surface area contributed by atoms with E-state index in [-0.39, 0.29) is 30.4 Å². The Morgan fingerprint density at radius 3 is 2.68 bits per heavy atom. The van der Waals surface area contributed by atoms with Gasteiger partial charge in [0.2, 0.25) is 5.91 Å². The molecule has 1 atom stereocenters. The summed E-state index contributed by atoms with van der Waals surface area (Å²) in [5, 5.41) is 2.62. The number of carbonyl (C=O) groups is 1. The van der Waals surface area contributed by atoms with E-state index in [4.69, 9.17) is 5.73 Å². The third kappa shape index (κ3) is 3.07. The van der Waals surface area contributed by atoms with Gasteiger partial charge in [0.15, 0.2) is 0 Å². The molecule has 3 nitrogen and oxygen atoms in total. The van der Waals surface area contributed by atoms with Crippen molar-refractivity contribution in [3.8, 4) is 0 Å². The van der Waals surface area contributed by atoms with Gasteiger partial charge in [0, 0.05) is 19.5 Å². The minimum Gasteiger partial charge on any atom is -0.356 e. The predicted molar refractivity (Wildman–Crippen MR) is 64.3 cm³/mol. The molecule has 19 heavy (non-hydrogen) atoms. The molecule has 1 aromatic carbocycles. The Balaban J connectivity index is 2.41. The lowest BCUT2D eigenvalue weighted by Crippen LogP contribution is -2.33. The molecule has 3 N–H and O–H groups in total. The highest BCUT2D eigenvalue weighted by molar-refractivity contribution is 5.77. The average Bonchev–Trinajstić information content (AvgIpc) is 2.37. The van der Waals surface area contributed by atoms with Crippen molar-refractivity contribution in [2.75, 3.05) is 6.54 Å². The summed E-state index contributed by atoms with van der Waals surface area (Å²) in [5.41, 5.74) is 5.35. The van der Waals surface area contributed by atoms with Crippen molar-refractivity contribution >= 4 is 5.91 Å². The number of benzene rings is 1. The van der Waals surface area contributed by atoms with Gasteiger partial charge in [-0.3, -0.25) is 4.79 Å². The van der Waals surface area contributed by atoms with E-state index in [2.05, 4.69) is 5.32 Å². The molecule has 6 heteroatoms. The molecule has 0 saturated carbocycles. The molecule has 1 saturated heterocycles. The van der Waals surface area contributed by atoms with Crippen LogP contribution < -0.4 is 11.1 Å². The van der Waals surface area contributed by atoms with Crippen molar-refractivity contribution in [2.45, 2.75) is 31.5 Å². The number of hydrogen-bond donors (Lipinski definition) is 2. The molecule has 0 bridgehead atoms. The smallest absolute Gasteiger partial charge is 0.356 e. The van der Waals surface area contributed by atoms with Gasteiger partial charge in [-0.25, -0.2) is 0 Å². The van der Waals surface area contributed by atoms with E-state index in [1.165, 1.54) is 6.07 Å². The van der Waals surface area contributed by atoms with Crippen LogP contribution >= 0.6 is 0 Å². The maximum absolute atomic E-state index is 13.1. The van der Waals surface area contributed by atoms with E-state index in [0.717, 1.165) is 6.07 Å². The summed E-state index contributed by atoms with van der Waals surface area (Å²) in [7, 11) is 0. The van der Waals surface area contributed by atoms with Crippen LogP contribution in [0.25, 0.3) is 0 Å². The molecular weight excluding hydrogens is 257 g/mol. The SMILES string of the molecule is NCc1ccc([C@@H]2CCNC(=O)C2)c(C(F)(F)F)c1. The van der Waals surface area contributed by atoms with Crippen LogP contribution in [0.4, 0.5) is 13.2 Å². The monoisotopic (exact) mass is 272 g/mol. The molecular formula is C13H15F3N2O. The molecule has 0 unspecified atom stereocenters. The Morgan fingerprint density at radius 2 is 2.11 bits per heavy atom. The van der Waals surface area contributed by atoms with Gasteiger partial charge < -0.3 is 11.1 Å². The van der Waals surface area contributed by atoms with Crippen molar-refractivity contribution in [3.05, 3.63) is 34.9 Å². The Kier molecular flexibility index (Phi) is 3.80. The van der Waals surface area contributed by atoms with Crippen LogP contribution in [0.3, 0.4) is 0 Å².